The van der Waals surface area contributed by atoms with Gasteiger partial charge in [0.05, 0.1) is 12.7 Å². The molecule has 26 heavy (non-hydrogen) atoms. The van der Waals surface area contributed by atoms with Gasteiger partial charge >= 0.3 is 0 Å². The lowest BCUT2D eigenvalue weighted by Crippen LogP contribution is -2.41. The topological polar surface area (TPSA) is 37.0 Å². The Morgan fingerprint density at radius 1 is 0.885 bits per heavy atom. The number of rotatable bonds is 6. The Morgan fingerprint density at radius 2 is 1.58 bits per heavy atom. The second-order valence-electron chi connectivity index (χ2n) is 7.02. The van der Waals surface area contributed by atoms with E-state index in [1.807, 2.05) is 12.3 Å². The number of ether oxygens (including phenoxy) is 1. The van der Waals surface area contributed by atoms with Gasteiger partial charge in [-0.2, -0.15) is 0 Å². The fourth-order valence-electron chi connectivity index (χ4n) is 3.87. The summed E-state index contributed by atoms with van der Waals surface area (Å²) in [7, 11) is 0. The highest BCUT2D eigenvalue weighted by Gasteiger charge is 2.30. The van der Waals surface area contributed by atoms with Crippen LogP contribution >= 0.6 is 0 Å². The van der Waals surface area contributed by atoms with Crippen molar-refractivity contribution in [3.05, 3.63) is 95.8 Å². The molecule has 134 valence electrons. The molecule has 0 radical (unpaired) electrons. The summed E-state index contributed by atoms with van der Waals surface area (Å²) in [5, 5.41) is 3.61. The molecule has 1 saturated heterocycles. The summed E-state index contributed by atoms with van der Waals surface area (Å²) in [5.41, 5.74) is 3.89. The first-order valence-corrected chi connectivity index (χ1v) is 9.47. The predicted octanol–water partition coefficient (Wildman–Crippen LogP) is 4.48. The molecular formula is C23H26N2O. The first-order chi connectivity index (χ1) is 12.9. The second-order valence-corrected chi connectivity index (χ2v) is 7.02. The molecule has 0 spiro atoms. The van der Waals surface area contributed by atoms with Crippen molar-refractivity contribution in [2.24, 2.45) is 0 Å². The maximum atomic E-state index is 6.36. The van der Waals surface area contributed by atoms with Crippen molar-refractivity contribution in [1.29, 1.82) is 0 Å². The summed E-state index contributed by atoms with van der Waals surface area (Å²) >= 11 is 0. The van der Waals surface area contributed by atoms with Crippen molar-refractivity contribution >= 4 is 0 Å². The van der Waals surface area contributed by atoms with Crippen LogP contribution in [0.2, 0.25) is 0 Å². The van der Waals surface area contributed by atoms with E-state index in [1.54, 1.807) is 0 Å². The zero-order chi connectivity index (χ0) is 17.6. The predicted molar refractivity (Wildman–Crippen MR) is 105 cm³/mol. The van der Waals surface area contributed by atoms with Gasteiger partial charge in [-0.25, -0.2) is 0 Å². The number of nitrogens with one attached hydrogen (secondary N) is 2. The van der Waals surface area contributed by atoms with Gasteiger partial charge < -0.3 is 15.0 Å². The Morgan fingerprint density at radius 3 is 2.12 bits per heavy atom. The quantitative estimate of drug-likeness (QED) is 0.690. The van der Waals surface area contributed by atoms with Crippen molar-refractivity contribution in [1.82, 2.24) is 10.3 Å². The zero-order valence-electron chi connectivity index (χ0n) is 15.0. The fraction of sp³-hybridized carbons (Fsp3) is 0.304. The Balaban J connectivity index is 1.43. The highest BCUT2D eigenvalue weighted by atomic mass is 16.5. The Hall–Kier alpha value is -2.36. The Bertz CT molecular complexity index is 723. The first kappa shape index (κ1) is 17.1. The van der Waals surface area contributed by atoms with Crippen LogP contribution in [0.3, 0.4) is 0 Å². The number of benzene rings is 2. The minimum Gasteiger partial charge on any atom is -0.376 e. The average molecular weight is 346 g/mol. The van der Waals surface area contributed by atoms with Gasteiger partial charge in [-0.3, -0.25) is 0 Å². The highest BCUT2D eigenvalue weighted by Crippen LogP contribution is 2.34. The van der Waals surface area contributed by atoms with E-state index >= 15 is 0 Å². The number of aromatic nitrogens is 1. The molecule has 3 nitrogen and oxygen atoms in total. The molecule has 1 fully saturated rings. The molecule has 0 aliphatic carbocycles. The normalized spacial score (nSPS) is 20.3. The lowest BCUT2D eigenvalue weighted by molar-refractivity contribution is -0.0117. The maximum Gasteiger partial charge on any atom is 0.0685 e. The number of aromatic amines is 1. The van der Waals surface area contributed by atoms with Crippen molar-refractivity contribution in [3.8, 4) is 0 Å². The molecule has 0 amide bonds. The van der Waals surface area contributed by atoms with Crippen LogP contribution in [0, 0.1) is 0 Å². The van der Waals surface area contributed by atoms with Crippen LogP contribution in [-0.4, -0.2) is 23.7 Å². The molecule has 2 aromatic carbocycles. The van der Waals surface area contributed by atoms with Crippen LogP contribution in [0.4, 0.5) is 0 Å². The van der Waals surface area contributed by atoms with Crippen LogP contribution in [-0.2, 0) is 11.3 Å². The van der Waals surface area contributed by atoms with E-state index in [4.69, 9.17) is 4.74 Å². The highest BCUT2D eigenvalue weighted by molar-refractivity contribution is 5.34. The third-order valence-corrected chi connectivity index (χ3v) is 5.24. The van der Waals surface area contributed by atoms with Crippen LogP contribution in [0.25, 0.3) is 0 Å². The minimum atomic E-state index is 0.225. The standard InChI is InChI=1S/C23H26N2O/c1-3-8-18(9-4-1)23(19-10-5-2-6-11-19)22-14-13-21(17-26-22)25-16-20-12-7-15-24-20/h1-12,15,21-25H,13-14,16-17H2/t21-,22-/m0/s1. The molecule has 1 aliphatic rings. The van der Waals surface area contributed by atoms with E-state index in [9.17, 15) is 0 Å². The SMILES string of the molecule is c1ccc(C(c2ccccc2)[C@@H]2CC[C@H](NCc3ccc[nH]3)CO2)cc1. The van der Waals surface area contributed by atoms with Crippen LogP contribution in [0.1, 0.15) is 35.6 Å². The molecule has 3 aromatic rings. The molecule has 0 unspecified atom stereocenters. The summed E-state index contributed by atoms with van der Waals surface area (Å²) in [6, 6.07) is 26.1. The largest absolute Gasteiger partial charge is 0.376 e. The maximum absolute atomic E-state index is 6.36. The fourth-order valence-corrected chi connectivity index (χ4v) is 3.87. The summed E-state index contributed by atoms with van der Waals surface area (Å²) in [5.74, 6) is 0.293. The molecular weight excluding hydrogens is 320 g/mol. The van der Waals surface area contributed by atoms with Crippen molar-refractivity contribution < 1.29 is 4.74 Å². The van der Waals surface area contributed by atoms with E-state index in [1.165, 1.54) is 16.8 Å². The number of hydrogen-bond donors (Lipinski definition) is 2. The Labute approximate surface area is 155 Å². The second kappa shape index (κ2) is 8.35. The van der Waals surface area contributed by atoms with E-state index in [0.29, 0.717) is 12.0 Å². The third-order valence-electron chi connectivity index (χ3n) is 5.24. The van der Waals surface area contributed by atoms with Gasteiger partial charge in [-0.05, 0) is 36.1 Å². The van der Waals surface area contributed by atoms with Gasteiger partial charge in [0.2, 0.25) is 0 Å². The molecule has 4 rings (SSSR count). The van der Waals surface area contributed by atoms with Crippen molar-refractivity contribution in [3.63, 3.8) is 0 Å². The molecule has 1 aromatic heterocycles. The van der Waals surface area contributed by atoms with Crippen LogP contribution < -0.4 is 5.32 Å². The van der Waals surface area contributed by atoms with Crippen molar-refractivity contribution in [2.75, 3.05) is 6.61 Å². The lowest BCUT2D eigenvalue weighted by atomic mass is 9.83. The molecule has 2 N–H and O–H groups in total. The summed E-state index contributed by atoms with van der Waals surface area (Å²) in [4.78, 5) is 3.24. The van der Waals surface area contributed by atoms with Crippen LogP contribution in [0.15, 0.2) is 79.0 Å². The zero-order valence-corrected chi connectivity index (χ0v) is 15.0. The molecule has 1 aliphatic heterocycles. The monoisotopic (exact) mass is 346 g/mol. The molecule has 0 bridgehead atoms. The minimum absolute atomic E-state index is 0.225. The summed E-state index contributed by atoms with van der Waals surface area (Å²) in [6.07, 6.45) is 4.40. The average Bonchev–Trinajstić information content (AvgIpc) is 3.23. The van der Waals surface area contributed by atoms with Gasteiger partial charge in [-0.15, -0.1) is 0 Å². The van der Waals surface area contributed by atoms with Gasteiger partial charge in [0.1, 0.15) is 0 Å². The van der Waals surface area contributed by atoms with Gasteiger partial charge in [0.15, 0.2) is 0 Å². The van der Waals surface area contributed by atoms with Gasteiger partial charge in [0.25, 0.3) is 0 Å². The van der Waals surface area contributed by atoms with E-state index < -0.39 is 0 Å². The summed E-state index contributed by atoms with van der Waals surface area (Å²) < 4.78 is 6.36. The van der Waals surface area contributed by atoms with Gasteiger partial charge in [0, 0.05) is 30.4 Å². The third kappa shape index (κ3) is 4.06. The first-order valence-electron chi connectivity index (χ1n) is 9.47. The van der Waals surface area contributed by atoms with E-state index in [-0.39, 0.29) is 6.10 Å². The Kier molecular flexibility index (Phi) is 5.48. The van der Waals surface area contributed by atoms with Gasteiger partial charge in [-0.1, -0.05) is 60.7 Å². The molecule has 3 heteroatoms. The smallest absolute Gasteiger partial charge is 0.0685 e. The lowest BCUT2D eigenvalue weighted by Gasteiger charge is -2.35. The van der Waals surface area contributed by atoms with E-state index in [2.05, 4.69) is 77.0 Å². The van der Waals surface area contributed by atoms with Crippen LogP contribution in [0.5, 0.6) is 0 Å². The number of hydrogen-bond acceptors (Lipinski definition) is 2. The molecule has 2 heterocycles. The van der Waals surface area contributed by atoms with Crippen molar-refractivity contribution in [2.45, 2.75) is 37.5 Å². The summed E-state index contributed by atoms with van der Waals surface area (Å²) in [6.45, 7) is 1.63. The molecule has 2 atom stereocenters. The van der Waals surface area contributed by atoms with E-state index in [0.717, 1.165) is 26.0 Å². The number of H-pyrrole nitrogens is 1. The molecule has 0 saturated carbocycles.